The van der Waals surface area contributed by atoms with Crippen LogP contribution in [0.4, 0.5) is 8.78 Å². The van der Waals surface area contributed by atoms with Crippen LogP contribution in [0.5, 0.6) is 5.75 Å². The molecule has 0 unspecified atom stereocenters. The molecule has 0 saturated heterocycles. The molecule has 1 N–H and O–H groups in total. The molecule has 1 aromatic rings. The van der Waals surface area contributed by atoms with Crippen LogP contribution in [-0.4, -0.2) is 24.0 Å². The topological polar surface area (TPSA) is 63.6 Å². The molecule has 0 saturated carbocycles. The largest absolute Gasteiger partial charge is 0.496 e. The second-order valence-corrected chi connectivity index (χ2v) is 2.60. The van der Waals surface area contributed by atoms with E-state index in [4.69, 9.17) is 5.11 Å². The van der Waals surface area contributed by atoms with Gasteiger partial charge in [-0.3, -0.25) is 4.79 Å². The highest BCUT2D eigenvalue weighted by Crippen LogP contribution is 2.23. The van der Waals surface area contributed by atoms with Crippen LogP contribution in [0.25, 0.3) is 0 Å². The van der Waals surface area contributed by atoms with Crippen molar-refractivity contribution in [3.8, 4) is 5.75 Å². The molecule has 0 heterocycles. The summed E-state index contributed by atoms with van der Waals surface area (Å²) in [6.45, 7) is 0. The standard InChI is InChI=1S/C9H6F2O4/c1-15-6-3-4(10)2-5(11)7(6)8(12)9(13)14/h2-3H,1H3,(H,13,14). The molecule has 0 aliphatic rings. The summed E-state index contributed by atoms with van der Waals surface area (Å²) in [5.41, 5.74) is -0.786. The SMILES string of the molecule is COc1cc(F)cc(F)c1C(=O)C(=O)O. The number of methoxy groups -OCH3 is 1. The summed E-state index contributed by atoms with van der Waals surface area (Å²) in [7, 11) is 1.08. The lowest BCUT2D eigenvalue weighted by molar-refractivity contribution is -0.131. The van der Waals surface area contributed by atoms with Gasteiger partial charge in [-0.25, -0.2) is 13.6 Å². The lowest BCUT2D eigenvalue weighted by Gasteiger charge is -2.06. The number of Topliss-reactive ketones (excluding diaryl/α,β-unsaturated/α-hetero) is 1. The summed E-state index contributed by atoms with van der Waals surface area (Å²) in [6, 6.07) is 1.15. The van der Waals surface area contributed by atoms with Crippen molar-refractivity contribution in [3.63, 3.8) is 0 Å². The van der Waals surface area contributed by atoms with Crippen molar-refractivity contribution < 1.29 is 28.2 Å². The Balaban J connectivity index is 3.39. The number of carboxylic acids is 1. The highest BCUT2D eigenvalue weighted by atomic mass is 19.1. The molecule has 6 heteroatoms. The molecular formula is C9H6F2O4. The molecule has 0 spiro atoms. The van der Waals surface area contributed by atoms with Crippen molar-refractivity contribution in [2.75, 3.05) is 7.11 Å². The predicted molar refractivity (Wildman–Crippen MR) is 44.9 cm³/mol. The monoisotopic (exact) mass is 216 g/mol. The van der Waals surface area contributed by atoms with Crippen LogP contribution in [-0.2, 0) is 4.79 Å². The van der Waals surface area contributed by atoms with Crippen LogP contribution in [0, 0.1) is 11.6 Å². The smallest absolute Gasteiger partial charge is 0.377 e. The van der Waals surface area contributed by atoms with E-state index in [0.717, 1.165) is 13.2 Å². The minimum atomic E-state index is -1.83. The predicted octanol–water partition coefficient (Wildman–Crippen LogP) is 1.24. The van der Waals surface area contributed by atoms with Crippen LogP contribution in [0.2, 0.25) is 0 Å². The zero-order chi connectivity index (χ0) is 11.6. The average Bonchev–Trinajstić information content (AvgIpc) is 2.15. The molecule has 0 atom stereocenters. The lowest BCUT2D eigenvalue weighted by atomic mass is 10.1. The van der Waals surface area contributed by atoms with Crippen molar-refractivity contribution in [1.82, 2.24) is 0 Å². The van der Waals surface area contributed by atoms with Crippen LogP contribution < -0.4 is 4.74 Å². The molecule has 80 valence electrons. The Morgan fingerprint density at radius 2 is 1.93 bits per heavy atom. The summed E-state index contributed by atoms with van der Waals surface area (Å²) in [5, 5.41) is 8.38. The zero-order valence-corrected chi connectivity index (χ0v) is 7.58. The average molecular weight is 216 g/mol. The molecule has 1 rings (SSSR count). The minimum absolute atomic E-state index is 0.415. The second kappa shape index (κ2) is 4.04. The maximum absolute atomic E-state index is 13.1. The van der Waals surface area contributed by atoms with Gasteiger partial charge in [0.2, 0.25) is 0 Å². The first-order chi connectivity index (χ1) is 6.97. The van der Waals surface area contributed by atoms with Gasteiger partial charge in [0.25, 0.3) is 5.78 Å². The Bertz CT molecular complexity index is 428. The number of aliphatic carboxylic acids is 1. The molecule has 0 bridgehead atoms. The first kappa shape index (κ1) is 11.1. The fourth-order valence-electron chi connectivity index (χ4n) is 1.04. The fourth-order valence-corrected chi connectivity index (χ4v) is 1.04. The number of carbonyl (C=O) groups excluding carboxylic acids is 1. The summed E-state index contributed by atoms with van der Waals surface area (Å²) in [4.78, 5) is 21.4. The van der Waals surface area contributed by atoms with Gasteiger partial charge in [-0.2, -0.15) is 0 Å². The number of carbonyl (C=O) groups is 2. The lowest BCUT2D eigenvalue weighted by Crippen LogP contribution is -2.16. The molecule has 0 fully saturated rings. The Kier molecular flexibility index (Phi) is 2.99. The van der Waals surface area contributed by atoms with Crippen molar-refractivity contribution in [3.05, 3.63) is 29.3 Å². The molecule has 0 aromatic heterocycles. The second-order valence-electron chi connectivity index (χ2n) is 2.60. The minimum Gasteiger partial charge on any atom is -0.496 e. The van der Waals surface area contributed by atoms with Crippen LogP contribution >= 0.6 is 0 Å². The van der Waals surface area contributed by atoms with E-state index in [2.05, 4.69) is 4.74 Å². The highest BCUT2D eigenvalue weighted by Gasteiger charge is 2.24. The van der Waals surface area contributed by atoms with Crippen molar-refractivity contribution in [2.24, 2.45) is 0 Å². The Morgan fingerprint density at radius 3 is 2.40 bits per heavy atom. The number of rotatable bonds is 3. The van der Waals surface area contributed by atoms with Gasteiger partial charge in [0.05, 0.1) is 7.11 Å². The number of hydrogen-bond acceptors (Lipinski definition) is 3. The molecule has 0 aliphatic carbocycles. The van der Waals surface area contributed by atoms with E-state index in [-0.39, 0.29) is 0 Å². The third-order valence-electron chi connectivity index (χ3n) is 1.66. The van der Waals surface area contributed by atoms with Crippen molar-refractivity contribution >= 4 is 11.8 Å². The number of hydrogen-bond donors (Lipinski definition) is 1. The maximum atomic E-state index is 13.1. The Labute approximate surface area is 83.1 Å². The Morgan fingerprint density at radius 1 is 1.33 bits per heavy atom. The van der Waals surface area contributed by atoms with Gasteiger partial charge in [0.1, 0.15) is 22.9 Å². The molecule has 15 heavy (non-hydrogen) atoms. The van der Waals surface area contributed by atoms with Gasteiger partial charge in [0, 0.05) is 12.1 Å². The van der Waals surface area contributed by atoms with Crippen LogP contribution in [0.3, 0.4) is 0 Å². The highest BCUT2D eigenvalue weighted by molar-refractivity contribution is 6.40. The van der Waals surface area contributed by atoms with Crippen LogP contribution in [0.1, 0.15) is 10.4 Å². The maximum Gasteiger partial charge on any atom is 0.377 e. The molecule has 0 radical (unpaired) electrons. The molecule has 1 aromatic carbocycles. The molecule has 0 amide bonds. The zero-order valence-electron chi connectivity index (χ0n) is 7.58. The summed E-state index contributed by atoms with van der Waals surface area (Å²) in [6.07, 6.45) is 0. The van der Waals surface area contributed by atoms with Crippen molar-refractivity contribution in [1.29, 1.82) is 0 Å². The van der Waals surface area contributed by atoms with E-state index in [1.165, 1.54) is 0 Å². The molecular weight excluding hydrogens is 210 g/mol. The third-order valence-corrected chi connectivity index (χ3v) is 1.66. The van der Waals surface area contributed by atoms with Gasteiger partial charge < -0.3 is 9.84 Å². The van der Waals surface area contributed by atoms with E-state index in [1.54, 1.807) is 0 Å². The van der Waals surface area contributed by atoms with E-state index < -0.39 is 34.7 Å². The van der Waals surface area contributed by atoms with E-state index in [9.17, 15) is 18.4 Å². The van der Waals surface area contributed by atoms with E-state index in [1.807, 2.05) is 0 Å². The van der Waals surface area contributed by atoms with E-state index >= 15 is 0 Å². The normalized spacial score (nSPS) is 9.80. The summed E-state index contributed by atoms with van der Waals surface area (Å²) < 4.78 is 30.3. The molecule has 4 nitrogen and oxygen atoms in total. The number of ether oxygens (including phenoxy) is 1. The van der Waals surface area contributed by atoms with Gasteiger partial charge in [-0.05, 0) is 0 Å². The van der Waals surface area contributed by atoms with Gasteiger partial charge in [-0.1, -0.05) is 0 Å². The van der Waals surface area contributed by atoms with Crippen LogP contribution in [0.15, 0.2) is 12.1 Å². The Hall–Kier alpha value is -1.98. The molecule has 0 aliphatic heterocycles. The van der Waals surface area contributed by atoms with Gasteiger partial charge in [-0.15, -0.1) is 0 Å². The fraction of sp³-hybridized carbons (Fsp3) is 0.111. The van der Waals surface area contributed by atoms with E-state index in [0.29, 0.717) is 6.07 Å². The third kappa shape index (κ3) is 2.09. The summed E-state index contributed by atoms with van der Waals surface area (Å²) in [5.74, 6) is -5.98. The van der Waals surface area contributed by atoms with Gasteiger partial charge >= 0.3 is 5.97 Å². The quantitative estimate of drug-likeness (QED) is 0.609. The number of halogens is 2. The number of carboxylic acid groups (broad SMARTS) is 1. The number of benzene rings is 1. The number of ketones is 1. The first-order valence-corrected chi connectivity index (χ1v) is 3.78. The first-order valence-electron chi connectivity index (χ1n) is 3.78. The van der Waals surface area contributed by atoms with Crippen molar-refractivity contribution in [2.45, 2.75) is 0 Å². The van der Waals surface area contributed by atoms with Gasteiger partial charge in [0.15, 0.2) is 0 Å². The summed E-state index contributed by atoms with van der Waals surface area (Å²) >= 11 is 0.